The fraction of sp³-hybridized carbons (Fsp3) is 0.583. The molecule has 0 unspecified atom stereocenters. The van der Waals surface area contributed by atoms with E-state index in [2.05, 4.69) is 33.9 Å². The van der Waals surface area contributed by atoms with Crippen molar-refractivity contribution >= 4 is 26.1 Å². The van der Waals surface area contributed by atoms with E-state index in [4.69, 9.17) is 9.16 Å². The molecule has 0 saturated heterocycles. The molecule has 1 aromatic carbocycles. The van der Waals surface area contributed by atoms with Crippen molar-refractivity contribution in [2.24, 2.45) is 11.8 Å². The summed E-state index contributed by atoms with van der Waals surface area (Å²) < 4.78 is 11.9. The zero-order valence-electron chi connectivity index (χ0n) is 18.7. The molecular weight excluding hydrogens is 380 g/mol. The lowest BCUT2D eigenvalue weighted by Crippen LogP contribution is -2.47. The number of esters is 1. The summed E-state index contributed by atoms with van der Waals surface area (Å²) in [5, 5.41) is 0.0319. The summed E-state index contributed by atoms with van der Waals surface area (Å²) >= 11 is 0. The zero-order chi connectivity index (χ0) is 21.7. The van der Waals surface area contributed by atoms with E-state index in [1.165, 1.54) is 0 Å². The number of ether oxygens (including phenoxy) is 1. The molecule has 29 heavy (non-hydrogen) atoms. The van der Waals surface area contributed by atoms with Crippen molar-refractivity contribution in [2.75, 3.05) is 6.61 Å². The maximum absolute atomic E-state index is 12.9. The maximum Gasteiger partial charge on any atom is 0.306 e. The van der Waals surface area contributed by atoms with Crippen LogP contribution in [0.25, 0.3) is 6.08 Å². The molecule has 0 radical (unpaired) electrons. The first-order valence-electron chi connectivity index (χ1n) is 10.6. The summed E-state index contributed by atoms with van der Waals surface area (Å²) in [6.45, 7) is 13.2. The predicted molar refractivity (Wildman–Crippen MR) is 120 cm³/mol. The minimum atomic E-state index is -2.11. The normalized spacial score (nSPS) is 21.5. The van der Waals surface area contributed by atoms with Crippen molar-refractivity contribution in [2.45, 2.75) is 71.2 Å². The van der Waals surface area contributed by atoms with Gasteiger partial charge in [-0.2, -0.15) is 0 Å². The van der Waals surface area contributed by atoms with Crippen molar-refractivity contribution in [1.29, 1.82) is 0 Å². The summed E-state index contributed by atoms with van der Waals surface area (Å²) in [5.41, 5.74) is 1.07. The Bertz CT molecular complexity index is 718. The minimum absolute atomic E-state index is 0.0308. The zero-order valence-corrected chi connectivity index (χ0v) is 19.7. The number of hydrogen-bond donors (Lipinski definition) is 0. The van der Waals surface area contributed by atoms with Gasteiger partial charge in [0.1, 0.15) is 5.78 Å². The average Bonchev–Trinajstić information content (AvgIpc) is 2.99. The molecule has 5 heteroatoms. The molecule has 3 atom stereocenters. The van der Waals surface area contributed by atoms with Gasteiger partial charge in [-0.15, -0.1) is 0 Å². The van der Waals surface area contributed by atoms with E-state index >= 15 is 0 Å². The van der Waals surface area contributed by atoms with E-state index in [9.17, 15) is 9.59 Å². The third kappa shape index (κ3) is 6.38. The monoisotopic (exact) mass is 416 g/mol. The lowest BCUT2D eigenvalue weighted by molar-refractivity contribution is -0.144. The van der Waals surface area contributed by atoms with Crippen LogP contribution in [-0.2, 0) is 18.8 Å². The second kappa shape index (κ2) is 9.85. The molecule has 1 aliphatic rings. The first kappa shape index (κ1) is 23.6. The molecule has 0 aliphatic heterocycles. The Morgan fingerprint density at radius 1 is 1.24 bits per heavy atom. The fourth-order valence-corrected chi connectivity index (χ4v) is 4.83. The first-order chi connectivity index (χ1) is 13.5. The van der Waals surface area contributed by atoms with E-state index in [0.717, 1.165) is 12.0 Å². The molecule has 0 amide bonds. The van der Waals surface area contributed by atoms with Gasteiger partial charge in [-0.1, -0.05) is 63.3 Å². The van der Waals surface area contributed by atoms with Gasteiger partial charge in [0, 0.05) is 18.8 Å². The Balaban J connectivity index is 2.32. The van der Waals surface area contributed by atoms with E-state index in [1.807, 2.05) is 42.5 Å². The van der Waals surface area contributed by atoms with Gasteiger partial charge < -0.3 is 9.16 Å². The standard InChI is InChI=1S/C24H36O4Si/c1-7-27-22(26)17-19-14-15-20(25)23(19)21(28-29(5,6)24(2,3)4)16-13-18-11-9-8-10-12-18/h8-13,16,19,21,23H,7,14-15,17H2,1-6H3/b16-13+/t19-,21+,23-/m1/s1. The number of rotatable bonds is 8. The molecule has 2 rings (SSSR count). The highest BCUT2D eigenvalue weighted by Crippen LogP contribution is 2.42. The third-order valence-corrected chi connectivity index (χ3v) is 10.7. The van der Waals surface area contributed by atoms with Crippen molar-refractivity contribution < 1.29 is 18.8 Å². The van der Waals surface area contributed by atoms with E-state index in [0.29, 0.717) is 13.0 Å². The summed E-state index contributed by atoms with van der Waals surface area (Å²) in [4.78, 5) is 25.0. The second-order valence-electron chi connectivity index (χ2n) is 9.41. The van der Waals surface area contributed by atoms with Crippen LogP contribution in [0.5, 0.6) is 0 Å². The molecule has 0 bridgehead atoms. The predicted octanol–water partition coefficient (Wildman–Crippen LogP) is 5.64. The van der Waals surface area contributed by atoms with Crippen LogP contribution in [0.4, 0.5) is 0 Å². The van der Waals surface area contributed by atoms with Crippen molar-refractivity contribution in [3.63, 3.8) is 0 Å². The van der Waals surface area contributed by atoms with Gasteiger partial charge in [0.2, 0.25) is 0 Å². The maximum atomic E-state index is 12.9. The Labute approximate surface area is 176 Å². The molecular formula is C24H36O4Si. The molecule has 0 spiro atoms. The fourth-order valence-electron chi connectivity index (χ4n) is 3.57. The van der Waals surface area contributed by atoms with E-state index in [1.54, 1.807) is 6.92 Å². The lowest BCUT2D eigenvalue weighted by atomic mass is 9.87. The van der Waals surface area contributed by atoms with Crippen LogP contribution in [0.3, 0.4) is 0 Å². The molecule has 1 aliphatic carbocycles. The Morgan fingerprint density at radius 3 is 2.48 bits per heavy atom. The van der Waals surface area contributed by atoms with Crippen LogP contribution < -0.4 is 0 Å². The van der Waals surface area contributed by atoms with Crippen molar-refractivity contribution in [3.05, 3.63) is 42.0 Å². The summed E-state index contributed by atoms with van der Waals surface area (Å²) in [6, 6.07) is 10.0. The molecule has 160 valence electrons. The van der Waals surface area contributed by atoms with Gasteiger partial charge in [-0.25, -0.2) is 0 Å². The van der Waals surface area contributed by atoms with Crippen LogP contribution in [0.15, 0.2) is 36.4 Å². The van der Waals surface area contributed by atoms with Crippen molar-refractivity contribution in [1.82, 2.24) is 0 Å². The van der Waals surface area contributed by atoms with Crippen LogP contribution in [0.1, 0.15) is 52.5 Å². The Kier molecular flexibility index (Phi) is 8.00. The quantitative estimate of drug-likeness (QED) is 0.406. The number of benzene rings is 1. The Morgan fingerprint density at radius 2 is 1.90 bits per heavy atom. The van der Waals surface area contributed by atoms with E-state index < -0.39 is 8.32 Å². The molecule has 4 nitrogen and oxygen atoms in total. The van der Waals surface area contributed by atoms with Gasteiger partial charge in [-0.05, 0) is 43.0 Å². The number of ketones is 1. The van der Waals surface area contributed by atoms with E-state index in [-0.39, 0.29) is 41.2 Å². The summed E-state index contributed by atoms with van der Waals surface area (Å²) in [6.07, 6.45) is 5.24. The molecule has 1 aromatic rings. The Hall–Kier alpha value is -1.72. The van der Waals surface area contributed by atoms with Gasteiger partial charge in [-0.3, -0.25) is 9.59 Å². The molecule has 1 saturated carbocycles. The van der Waals surface area contributed by atoms with Gasteiger partial charge in [0.25, 0.3) is 0 Å². The van der Waals surface area contributed by atoms with Gasteiger partial charge >= 0.3 is 5.97 Å². The second-order valence-corrected chi connectivity index (χ2v) is 14.2. The molecule has 0 aromatic heterocycles. The van der Waals surface area contributed by atoms with Gasteiger partial charge in [0.15, 0.2) is 8.32 Å². The number of carbonyl (C=O) groups is 2. The highest BCUT2D eigenvalue weighted by Gasteiger charge is 2.45. The number of carbonyl (C=O) groups excluding carboxylic acids is 2. The van der Waals surface area contributed by atoms with Crippen LogP contribution in [0, 0.1) is 11.8 Å². The van der Waals surface area contributed by atoms with Crippen LogP contribution in [0.2, 0.25) is 18.1 Å². The highest BCUT2D eigenvalue weighted by atomic mass is 28.4. The topological polar surface area (TPSA) is 52.6 Å². The van der Waals surface area contributed by atoms with Crippen LogP contribution >= 0.6 is 0 Å². The largest absolute Gasteiger partial charge is 0.466 e. The average molecular weight is 417 g/mol. The molecule has 1 fully saturated rings. The van der Waals surface area contributed by atoms with Gasteiger partial charge in [0.05, 0.1) is 12.7 Å². The highest BCUT2D eigenvalue weighted by molar-refractivity contribution is 6.74. The SMILES string of the molecule is CCOC(=O)C[C@H]1CCC(=O)[C@@H]1[C@H](/C=C/c1ccccc1)O[Si](C)(C)C(C)(C)C. The summed E-state index contributed by atoms with van der Waals surface area (Å²) in [7, 11) is -2.11. The number of hydrogen-bond acceptors (Lipinski definition) is 4. The smallest absolute Gasteiger partial charge is 0.306 e. The number of Topliss-reactive ketones (excluding diaryl/α,β-unsaturated/α-hetero) is 1. The molecule has 0 heterocycles. The molecule has 0 N–H and O–H groups in total. The van der Waals surface area contributed by atoms with Crippen molar-refractivity contribution in [3.8, 4) is 0 Å². The lowest BCUT2D eigenvalue weighted by Gasteiger charge is -2.40. The van der Waals surface area contributed by atoms with Crippen LogP contribution in [-0.4, -0.2) is 32.8 Å². The minimum Gasteiger partial charge on any atom is -0.466 e. The first-order valence-corrected chi connectivity index (χ1v) is 13.6. The summed E-state index contributed by atoms with van der Waals surface area (Å²) in [5.74, 6) is -0.360. The third-order valence-electron chi connectivity index (χ3n) is 6.24.